The first-order valence-electron chi connectivity index (χ1n) is 6.65. The lowest BCUT2D eigenvalue weighted by atomic mass is 10.1. The number of carbonyl (C=O) groups is 1. The molecule has 0 radical (unpaired) electrons. The van der Waals surface area contributed by atoms with E-state index in [1.54, 1.807) is 11.3 Å². The second-order valence-corrected chi connectivity index (χ2v) is 6.64. The van der Waals surface area contributed by atoms with Crippen LogP contribution in [0.3, 0.4) is 0 Å². The number of nitrogens with one attached hydrogen (secondary N) is 1. The number of imidazole rings is 1. The molecule has 0 aliphatic rings. The van der Waals surface area contributed by atoms with Crippen molar-refractivity contribution in [3.05, 3.63) is 42.0 Å². The van der Waals surface area contributed by atoms with Gasteiger partial charge in [0.25, 0.3) is 0 Å². The Morgan fingerprint density at radius 1 is 1.43 bits per heavy atom. The maximum absolute atomic E-state index is 11.8. The number of amides is 1. The van der Waals surface area contributed by atoms with E-state index >= 15 is 0 Å². The third kappa shape index (κ3) is 3.01. The van der Waals surface area contributed by atoms with Crippen LogP contribution in [0.2, 0.25) is 0 Å². The van der Waals surface area contributed by atoms with Gasteiger partial charge in [-0.15, -0.1) is 11.3 Å². The summed E-state index contributed by atoms with van der Waals surface area (Å²) in [5.74, 6) is -0.0206. The number of fused-ring (bicyclic) bond motifs is 1. The van der Waals surface area contributed by atoms with Gasteiger partial charge in [0.2, 0.25) is 5.91 Å². The second-order valence-electron chi connectivity index (χ2n) is 4.66. The van der Waals surface area contributed by atoms with Crippen LogP contribution in [-0.2, 0) is 4.79 Å². The molecule has 2 aromatic heterocycles. The van der Waals surface area contributed by atoms with Crippen LogP contribution in [0.1, 0.15) is 13.3 Å². The van der Waals surface area contributed by atoms with Crippen molar-refractivity contribution in [2.45, 2.75) is 18.2 Å². The Morgan fingerprint density at radius 2 is 2.19 bits per heavy atom. The number of hydrogen-bond acceptors (Lipinski definition) is 3. The molecule has 1 amide bonds. The molecule has 2 heterocycles. The molecule has 1 aromatic carbocycles. The van der Waals surface area contributed by atoms with Crippen molar-refractivity contribution < 1.29 is 4.79 Å². The highest BCUT2D eigenvalue weighted by molar-refractivity contribution is 9.10. The largest absolute Gasteiger partial charge is 0.325 e. The van der Waals surface area contributed by atoms with Crippen molar-refractivity contribution in [2.75, 3.05) is 5.32 Å². The van der Waals surface area contributed by atoms with E-state index in [9.17, 15) is 4.79 Å². The van der Waals surface area contributed by atoms with E-state index in [1.807, 2.05) is 53.4 Å². The first kappa shape index (κ1) is 14.3. The Labute approximate surface area is 135 Å². The summed E-state index contributed by atoms with van der Waals surface area (Å²) in [6.45, 7) is 1.96. The van der Waals surface area contributed by atoms with Crippen LogP contribution < -0.4 is 5.32 Å². The zero-order valence-corrected chi connectivity index (χ0v) is 13.8. The first-order valence-corrected chi connectivity index (χ1v) is 8.44. The number of thiazole rings is 1. The summed E-state index contributed by atoms with van der Waals surface area (Å²) in [6, 6.07) is 7.74. The van der Waals surface area contributed by atoms with Crippen molar-refractivity contribution in [1.82, 2.24) is 9.38 Å². The van der Waals surface area contributed by atoms with Gasteiger partial charge in [0.05, 0.1) is 10.5 Å². The van der Waals surface area contributed by atoms with Crippen LogP contribution in [-0.4, -0.2) is 20.1 Å². The maximum atomic E-state index is 11.8. The molecule has 0 spiro atoms. The fraction of sp³-hybridized carbons (Fsp3) is 0.200. The molecule has 4 nitrogen and oxygen atoms in total. The van der Waals surface area contributed by atoms with Gasteiger partial charge in [-0.3, -0.25) is 9.20 Å². The van der Waals surface area contributed by atoms with E-state index in [0.29, 0.717) is 0 Å². The van der Waals surface area contributed by atoms with Gasteiger partial charge in [-0.2, -0.15) is 0 Å². The lowest BCUT2D eigenvalue weighted by Crippen LogP contribution is -2.21. The van der Waals surface area contributed by atoms with E-state index < -0.39 is 0 Å². The average Bonchev–Trinajstić information content (AvgIpc) is 3.08. The van der Waals surface area contributed by atoms with Gasteiger partial charge in [0.1, 0.15) is 0 Å². The smallest absolute Gasteiger partial charge is 0.238 e. The number of benzene rings is 1. The van der Waals surface area contributed by atoms with E-state index in [1.165, 1.54) is 0 Å². The fourth-order valence-electron chi connectivity index (χ4n) is 2.00. The highest BCUT2D eigenvalue weighted by Gasteiger charge is 2.12. The standard InChI is InChI=1S/C15H14BrN3OS/c1-2-12(16)14(20)17-11-5-3-10(4-6-11)13-9-19-7-8-21-15(19)18-13/h3-9,12H,2H2,1H3,(H,17,20). The van der Waals surface area contributed by atoms with Gasteiger partial charge in [0.15, 0.2) is 4.96 Å². The number of aromatic nitrogens is 2. The molecule has 0 saturated heterocycles. The van der Waals surface area contributed by atoms with Crippen LogP contribution in [0.4, 0.5) is 5.69 Å². The van der Waals surface area contributed by atoms with E-state index in [0.717, 1.165) is 28.3 Å². The van der Waals surface area contributed by atoms with Crippen LogP contribution in [0.5, 0.6) is 0 Å². The quantitative estimate of drug-likeness (QED) is 0.706. The van der Waals surface area contributed by atoms with Gasteiger partial charge in [0, 0.05) is 29.0 Å². The second kappa shape index (κ2) is 5.99. The fourth-order valence-corrected chi connectivity index (χ4v) is 2.81. The van der Waals surface area contributed by atoms with Crippen LogP contribution in [0.15, 0.2) is 42.0 Å². The number of halogens is 1. The third-order valence-electron chi connectivity index (χ3n) is 3.18. The molecule has 1 unspecified atom stereocenters. The molecule has 3 aromatic rings. The Balaban J connectivity index is 1.77. The lowest BCUT2D eigenvalue weighted by Gasteiger charge is -2.09. The molecule has 0 fully saturated rings. The van der Waals surface area contributed by atoms with Gasteiger partial charge in [-0.25, -0.2) is 4.98 Å². The van der Waals surface area contributed by atoms with Crippen molar-refractivity contribution in [3.8, 4) is 11.3 Å². The summed E-state index contributed by atoms with van der Waals surface area (Å²) in [7, 11) is 0. The minimum Gasteiger partial charge on any atom is -0.325 e. The summed E-state index contributed by atoms with van der Waals surface area (Å²) < 4.78 is 2.01. The first-order chi connectivity index (χ1) is 10.2. The molecule has 0 aliphatic carbocycles. The predicted molar refractivity (Wildman–Crippen MR) is 90.1 cm³/mol. The van der Waals surface area contributed by atoms with E-state index in [2.05, 4.69) is 26.2 Å². The number of alkyl halides is 1. The SMILES string of the molecule is CCC(Br)C(=O)Nc1ccc(-c2cn3ccsc3n2)cc1. The van der Waals surface area contributed by atoms with E-state index in [-0.39, 0.29) is 10.7 Å². The van der Waals surface area contributed by atoms with Crippen molar-refractivity contribution in [3.63, 3.8) is 0 Å². The van der Waals surface area contributed by atoms with Gasteiger partial charge in [-0.1, -0.05) is 35.0 Å². The maximum Gasteiger partial charge on any atom is 0.238 e. The molecule has 0 bridgehead atoms. The minimum absolute atomic E-state index is 0.0206. The molecule has 21 heavy (non-hydrogen) atoms. The van der Waals surface area contributed by atoms with E-state index in [4.69, 9.17) is 0 Å². The number of nitrogens with zero attached hydrogens (tertiary/aromatic N) is 2. The Bertz CT molecular complexity index is 734. The predicted octanol–water partition coefficient (Wildman–Crippen LogP) is 4.17. The summed E-state index contributed by atoms with van der Waals surface area (Å²) in [5.41, 5.74) is 2.77. The average molecular weight is 364 g/mol. The van der Waals surface area contributed by atoms with Gasteiger partial charge < -0.3 is 5.32 Å². The summed E-state index contributed by atoms with van der Waals surface area (Å²) in [4.78, 5) is 17.2. The number of rotatable bonds is 4. The summed E-state index contributed by atoms with van der Waals surface area (Å²) >= 11 is 4.95. The van der Waals surface area contributed by atoms with Gasteiger partial charge >= 0.3 is 0 Å². The molecular formula is C15H14BrN3OS. The number of carbonyl (C=O) groups excluding carboxylic acids is 1. The summed E-state index contributed by atoms with van der Waals surface area (Å²) in [6.07, 6.45) is 4.76. The number of hydrogen-bond donors (Lipinski definition) is 1. The lowest BCUT2D eigenvalue weighted by molar-refractivity contribution is -0.115. The van der Waals surface area contributed by atoms with Crippen molar-refractivity contribution in [1.29, 1.82) is 0 Å². The van der Waals surface area contributed by atoms with Crippen LogP contribution in [0, 0.1) is 0 Å². The normalized spacial score (nSPS) is 12.5. The molecule has 3 rings (SSSR count). The molecule has 0 saturated carbocycles. The molecule has 0 aliphatic heterocycles. The van der Waals surface area contributed by atoms with Crippen molar-refractivity contribution >= 4 is 43.8 Å². The molecule has 1 N–H and O–H groups in total. The minimum atomic E-state index is -0.155. The van der Waals surface area contributed by atoms with Gasteiger partial charge in [-0.05, 0) is 18.6 Å². The van der Waals surface area contributed by atoms with Crippen molar-refractivity contribution in [2.24, 2.45) is 0 Å². The molecule has 1 atom stereocenters. The van der Waals surface area contributed by atoms with Crippen LogP contribution in [0.25, 0.3) is 16.2 Å². The molecular weight excluding hydrogens is 350 g/mol. The zero-order chi connectivity index (χ0) is 14.8. The monoisotopic (exact) mass is 363 g/mol. The zero-order valence-electron chi connectivity index (χ0n) is 11.4. The topological polar surface area (TPSA) is 46.4 Å². The Hall–Kier alpha value is -1.66. The number of anilines is 1. The highest BCUT2D eigenvalue weighted by atomic mass is 79.9. The Kier molecular flexibility index (Phi) is 4.07. The summed E-state index contributed by atoms with van der Waals surface area (Å²) in [5, 5.41) is 4.89. The third-order valence-corrected chi connectivity index (χ3v) is 5.02. The van der Waals surface area contributed by atoms with Crippen LogP contribution >= 0.6 is 27.3 Å². The Morgan fingerprint density at radius 3 is 2.86 bits per heavy atom. The molecule has 108 valence electrons. The highest BCUT2D eigenvalue weighted by Crippen LogP contribution is 2.23. The molecule has 6 heteroatoms.